The number of alkyl carbamates (subject to hydrolysis) is 2. The Labute approximate surface area is 348 Å². The number of aromatic amines is 2. The van der Waals surface area contributed by atoms with Gasteiger partial charge in [-0.2, -0.15) is 0 Å². The number of nitrogens with one attached hydrogen (secondary N) is 4. The van der Waals surface area contributed by atoms with Gasteiger partial charge in [0.25, 0.3) is 5.91 Å². The van der Waals surface area contributed by atoms with E-state index >= 15 is 0 Å². The van der Waals surface area contributed by atoms with Gasteiger partial charge in [0.05, 0.1) is 48.4 Å². The van der Waals surface area contributed by atoms with Crippen molar-refractivity contribution < 1.29 is 28.7 Å². The van der Waals surface area contributed by atoms with Crippen molar-refractivity contribution in [3.05, 3.63) is 94.6 Å². The lowest BCUT2D eigenvalue weighted by Gasteiger charge is -2.29. The summed E-state index contributed by atoms with van der Waals surface area (Å²) < 4.78 is 11.9. The average Bonchev–Trinajstić information content (AvgIpc) is 4.10. The number of thiophene rings is 2. The van der Waals surface area contributed by atoms with Gasteiger partial charge in [0.1, 0.15) is 29.4 Å². The maximum Gasteiger partial charge on any atom is 0.407 e. The van der Waals surface area contributed by atoms with Crippen LogP contribution in [0.15, 0.2) is 66.9 Å². The zero-order valence-electron chi connectivity index (χ0n) is 33.0. The fourth-order valence-corrected chi connectivity index (χ4v) is 10.1. The molecule has 0 spiro atoms. The molecule has 4 aromatic heterocycles. The molecule has 1 unspecified atom stereocenters. The van der Waals surface area contributed by atoms with Gasteiger partial charge in [-0.05, 0) is 78.8 Å². The molecule has 59 heavy (non-hydrogen) atoms. The monoisotopic (exact) mass is 832 g/mol. The van der Waals surface area contributed by atoms with Crippen LogP contribution in [-0.2, 0) is 19.1 Å². The van der Waals surface area contributed by atoms with Crippen molar-refractivity contribution in [2.45, 2.75) is 63.7 Å². The normalized spacial score (nSPS) is 17.5. The minimum atomic E-state index is -0.882. The summed E-state index contributed by atoms with van der Waals surface area (Å²) in [5, 5.41) is 5.40. The fraction of sp³-hybridized carbons (Fsp3) is 0.349. The van der Waals surface area contributed by atoms with Gasteiger partial charge >= 0.3 is 12.2 Å². The zero-order chi connectivity index (χ0) is 41.2. The summed E-state index contributed by atoms with van der Waals surface area (Å²) in [6, 6.07) is 17.6. The summed E-state index contributed by atoms with van der Waals surface area (Å²) in [5.41, 5.74) is 4.10. The topological polar surface area (TPSA) is 175 Å². The van der Waals surface area contributed by atoms with Gasteiger partial charge in [0, 0.05) is 27.4 Å². The quantitative estimate of drug-likeness (QED) is 0.109. The Kier molecular flexibility index (Phi) is 11.4. The third kappa shape index (κ3) is 8.26. The van der Waals surface area contributed by atoms with Crippen LogP contribution < -0.4 is 10.6 Å². The number of amides is 4. The maximum absolute atomic E-state index is 14.0. The first-order chi connectivity index (χ1) is 28.6. The number of benzene rings is 2. The maximum atomic E-state index is 14.0. The Bertz CT molecular complexity index is 2550. The summed E-state index contributed by atoms with van der Waals surface area (Å²) in [6.45, 7) is 4.92. The minimum absolute atomic E-state index is 0.112. The molecular formula is C43H44N8O6S2. The zero-order valence-corrected chi connectivity index (χ0v) is 34.7. The van der Waals surface area contributed by atoms with E-state index in [1.165, 1.54) is 14.2 Å². The molecule has 2 saturated heterocycles. The van der Waals surface area contributed by atoms with Crippen LogP contribution in [0.25, 0.3) is 30.9 Å². The Balaban J connectivity index is 0.952. The predicted molar refractivity (Wildman–Crippen MR) is 226 cm³/mol. The van der Waals surface area contributed by atoms with E-state index in [0.717, 1.165) is 67.3 Å². The second kappa shape index (κ2) is 17.0. The molecular weight excluding hydrogens is 789 g/mol. The van der Waals surface area contributed by atoms with Crippen LogP contribution in [0.5, 0.6) is 0 Å². The number of fused-ring (bicyclic) bond motifs is 2. The van der Waals surface area contributed by atoms with Crippen molar-refractivity contribution >= 4 is 67.1 Å². The molecule has 0 saturated carbocycles. The highest BCUT2D eigenvalue weighted by Gasteiger charge is 2.38. The number of imidazole rings is 2. The molecule has 0 aliphatic carbocycles. The highest BCUT2D eigenvalue weighted by Crippen LogP contribution is 2.40. The van der Waals surface area contributed by atoms with E-state index in [-0.39, 0.29) is 29.8 Å². The van der Waals surface area contributed by atoms with Crippen LogP contribution in [-0.4, -0.2) is 87.1 Å². The van der Waals surface area contributed by atoms with E-state index in [0.29, 0.717) is 30.2 Å². The number of ether oxygens (including phenoxy) is 2. The molecule has 16 heteroatoms. The second-order valence-electron chi connectivity index (χ2n) is 15.0. The lowest BCUT2D eigenvalue weighted by atomic mass is 10.0. The van der Waals surface area contributed by atoms with Gasteiger partial charge < -0.3 is 39.9 Å². The molecule has 4 amide bonds. The number of carbonyl (C=O) groups is 4. The van der Waals surface area contributed by atoms with Crippen molar-refractivity contribution in [3.63, 3.8) is 0 Å². The molecule has 2 fully saturated rings. The Morgan fingerprint density at radius 3 is 2.22 bits per heavy atom. The van der Waals surface area contributed by atoms with Crippen LogP contribution in [0.1, 0.15) is 85.4 Å². The summed E-state index contributed by atoms with van der Waals surface area (Å²) in [6.07, 6.45) is 3.57. The number of hydrogen-bond donors (Lipinski definition) is 4. The molecule has 6 heterocycles. The van der Waals surface area contributed by atoms with E-state index in [9.17, 15) is 19.2 Å². The van der Waals surface area contributed by atoms with E-state index in [4.69, 9.17) is 14.5 Å². The lowest BCUT2D eigenvalue weighted by molar-refractivity contribution is -0.135. The average molecular weight is 833 g/mol. The summed E-state index contributed by atoms with van der Waals surface area (Å²) in [4.78, 5) is 73.6. The van der Waals surface area contributed by atoms with E-state index < -0.39 is 24.3 Å². The summed E-state index contributed by atoms with van der Waals surface area (Å²) >= 11 is 3.32. The van der Waals surface area contributed by atoms with Crippen LogP contribution in [0, 0.1) is 17.8 Å². The molecule has 0 bridgehead atoms. The largest absolute Gasteiger partial charge is 0.453 e. The Morgan fingerprint density at radius 1 is 0.814 bits per heavy atom. The number of carbonyl (C=O) groups excluding carboxylic acids is 4. The number of H-pyrrole nitrogens is 2. The van der Waals surface area contributed by atoms with Crippen molar-refractivity contribution in [3.8, 4) is 22.3 Å². The molecule has 4 atom stereocenters. The van der Waals surface area contributed by atoms with E-state index in [1.807, 2.05) is 50.2 Å². The number of nitrogens with zero attached hydrogens (tertiary/aromatic N) is 4. The summed E-state index contributed by atoms with van der Waals surface area (Å²) in [7, 11) is 2.57. The van der Waals surface area contributed by atoms with Gasteiger partial charge in [-0.1, -0.05) is 50.2 Å². The van der Waals surface area contributed by atoms with Gasteiger partial charge in [-0.15, -0.1) is 22.7 Å². The molecule has 8 rings (SSSR count). The molecule has 4 N–H and O–H groups in total. The smallest absolute Gasteiger partial charge is 0.407 e. The van der Waals surface area contributed by atoms with E-state index in [1.54, 1.807) is 38.7 Å². The molecule has 0 radical (unpaired) electrons. The standard InChI is InChI=1S/C43H44N8O6S2/c1-24(2)36(48-42(54)56-3)40(52)50-18-8-12-31(50)38-44-23-27(45-38)15-16-28-21-34-35(58-28)22-33(59-34)26-14-17-29-30(20-26)47-39(46-29)32-13-9-19-51(32)41(53)37(49-43(55)57-4)25-10-6-5-7-11-25/h5-7,10-11,14,17,20-24,31-32,36-37H,8-9,12-13,18-19H2,1-4H3,(H,44,45)(H,46,47)(H,48,54)(H,49,55)/t31-,32?,36-,37+/m0/s1. The predicted octanol–water partition coefficient (Wildman–Crippen LogP) is 7.43. The third-order valence-electron chi connectivity index (χ3n) is 10.8. The Hall–Kier alpha value is -6.18. The number of hydrogen-bond acceptors (Lipinski definition) is 10. The lowest BCUT2D eigenvalue weighted by Crippen LogP contribution is -2.51. The van der Waals surface area contributed by atoms with Gasteiger partial charge in [-0.3, -0.25) is 9.59 Å². The van der Waals surface area contributed by atoms with Gasteiger partial charge in [-0.25, -0.2) is 19.6 Å². The summed E-state index contributed by atoms with van der Waals surface area (Å²) in [5.74, 6) is 7.41. The molecule has 6 aromatic rings. The van der Waals surface area contributed by atoms with Crippen LogP contribution >= 0.6 is 22.7 Å². The van der Waals surface area contributed by atoms with Crippen molar-refractivity contribution in [1.82, 2.24) is 40.4 Å². The van der Waals surface area contributed by atoms with Crippen molar-refractivity contribution in [2.24, 2.45) is 5.92 Å². The minimum Gasteiger partial charge on any atom is -0.453 e. The Morgan fingerprint density at radius 2 is 1.51 bits per heavy atom. The van der Waals surface area contributed by atoms with Crippen molar-refractivity contribution in [1.29, 1.82) is 0 Å². The van der Waals surface area contributed by atoms with Crippen molar-refractivity contribution in [2.75, 3.05) is 27.3 Å². The third-order valence-corrected chi connectivity index (χ3v) is 13.1. The number of rotatable bonds is 9. The highest BCUT2D eigenvalue weighted by molar-refractivity contribution is 7.29. The first-order valence-electron chi connectivity index (χ1n) is 19.6. The molecule has 2 aliphatic rings. The van der Waals surface area contributed by atoms with Crippen LogP contribution in [0.3, 0.4) is 0 Å². The number of methoxy groups -OCH3 is 2. The number of aromatic nitrogens is 4. The molecule has 304 valence electrons. The SMILES string of the molecule is COC(=O)N[C@H](C(=O)N1CCC[C@H]1c1ncc(C#Cc2cc3sc(-c4ccc5nc(C6CCCN6C(=O)[C@H](NC(=O)OC)c6ccccc6)[nH]c5c4)cc3s2)[nH]1)C(C)C. The first kappa shape index (κ1) is 39.6. The molecule has 2 aliphatic heterocycles. The van der Waals surface area contributed by atoms with Crippen LogP contribution in [0.4, 0.5) is 9.59 Å². The fourth-order valence-electron chi connectivity index (χ4n) is 7.86. The van der Waals surface area contributed by atoms with Crippen LogP contribution in [0.2, 0.25) is 0 Å². The van der Waals surface area contributed by atoms with Gasteiger partial charge in [0.15, 0.2) is 0 Å². The number of likely N-dealkylation sites (tertiary alicyclic amines) is 2. The van der Waals surface area contributed by atoms with Gasteiger partial charge in [0.2, 0.25) is 5.91 Å². The molecule has 14 nitrogen and oxygen atoms in total. The second-order valence-corrected chi connectivity index (χ2v) is 17.1. The highest BCUT2D eigenvalue weighted by atomic mass is 32.1. The van der Waals surface area contributed by atoms with E-state index in [2.05, 4.69) is 61.7 Å². The molecule has 2 aromatic carbocycles. The first-order valence-corrected chi connectivity index (χ1v) is 21.2.